The van der Waals surface area contributed by atoms with Gasteiger partial charge in [0, 0.05) is 19.6 Å². The monoisotopic (exact) mass is 351 g/mol. The molecule has 0 saturated heterocycles. The van der Waals surface area contributed by atoms with Crippen molar-refractivity contribution >= 4 is 17.7 Å². The van der Waals surface area contributed by atoms with Crippen molar-refractivity contribution < 1.29 is 4.74 Å². The Morgan fingerprint density at radius 3 is 2.54 bits per heavy atom. The molecule has 1 aromatic carbocycles. The fourth-order valence-electron chi connectivity index (χ4n) is 2.22. The smallest absolute Gasteiger partial charge is 0.191 e. The SMILES string of the molecule is CCNC(=NCCCCSC)NCCc1ccc(OC(C)C)cc1. The molecule has 0 radical (unpaired) electrons. The van der Waals surface area contributed by atoms with Crippen LogP contribution >= 0.6 is 11.8 Å². The lowest BCUT2D eigenvalue weighted by Crippen LogP contribution is -2.38. The number of benzene rings is 1. The second-order valence-corrected chi connectivity index (χ2v) is 6.93. The molecule has 0 aliphatic carbocycles. The Labute approximate surface area is 151 Å². The predicted octanol–water partition coefficient (Wildman–Crippen LogP) is 3.71. The Morgan fingerprint density at radius 2 is 1.92 bits per heavy atom. The maximum absolute atomic E-state index is 5.67. The summed E-state index contributed by atoms with van der Waals surface area (Å²) in [5.74, 6) is 3.07. The molecule has 0 heterocycles. The van der Waals surface area contributed by atoms with Gasteiger partial charge >= 0.3 is 0 Å². The third-order valence-electron chi connectivity index (χ3n) is 3.37. The number of rotatable bonds is 11. The van der Waals surface area contributed by atoms with Crippen molar-refractivity contribution in [3.63, 3.8) is 0 Å². The third-order valence-corrected chi connectivity index (χ3v) is 4.07. The molecule has 2 N–H and O–H groups in total. The van der Waals surface area contributed by atoms with E-state index >= 15 is 0 Å². The summed E-state index contributed by atoms with van der Waals surface area (Å²) in [6.07, 6.45) is 5.71. The highest BCUT2D eigenvalue weighted by molar-refractivity contribution is 7.98. The van der Waals surface area contributed by atoms with Gasteiger partial charge in [0.15, 0.2) is 5.96 Å². The van der Waals surface area contributed by atoms with Crippen LogP contribution in [0.5, 0.6) is 5.75 Å². The largest absolute Gasteiger partial charge is 0.491 e. The molecule has 0 fully saturated rings. The molecule has 1 aromatic rings. The summed E-state index contributed by atoms with van der Waals surface area (Å²) >= 11 is 1.90. The van der Waals surface area contributed by atoms with Gasteiger partial charge in [0.2, 0.25) is 0 Å². The quantitative estimate of drug-likeness (QED) is 0.362. The minimum atomic E-state index is 0.215. The maximum atomic E-state index is 5.67. The second-order valence-electron chi connectivity index (χ2n) is 5.95. The second kappa shape index (κ2) is 13.0. The summed E-state index contributed by atoms with van der Waals surface area (Å²) in [5, 5.41) is 6.71. The van der Waals surface area contributed by atoms with E-state index in [-0.39, 0.29) is 6.10 Å². The van der Waals surface area contributed by atoms with E-state index in [0.717, 1.165) is 44.2 Å². The molecule has 5 heteroatoms. The van der Waals surface area contributed by atoms with Crippen molar-refractivity contribution in [1.29, 1.82) is 0 Å². The predicted molar refractivity (Wildman–Crippen MR) is 108 cm³/mol. The highest BCUT2D eigenvalue weighted by atomic mass is 32.2. The van der Waals surface area contributed by atoms with Crippen molar-refractivity contribution in [1.82, 2.24) is 10.6 Å². The van der Waals surface area contributed by atoms with Crippen LogP contribution in [0.15, 0.2) is 29.3 Å². The number of hydrogen-bond acceptors (Lipinski definition) is 3. The van der Waals surface area contributed by atoms with Gasteiger partial charge in [-0.05, 0) is 69.7 Å². The minimum absolute atomic E-state index is 0.215. The summed E-state index contributed by atoms with van der Waals surface area (Å²) in [6.45, 7) is 8.83. The van der Waals surface area contributed by atoms with Gasteiger partial charge in [-0.15, -0.1) is 0 Å². The number of ether oxygens (including phenoxy) is 1. The zero-order valence-corrected chi connectivity index (χ0v) is 16.4. The molecular formula is C19H33N3OS. The Balaban J connectivity index is 2.34. The number of hydrogen-bond donors (Lipinski definition) is 2. The van der Waals surface area contributed by atoms with Crippen LogP contribution in [0.4, 0.5) is 0 Å². The molecule has 0 unspecified atom stereocenters. The average Bonchev–Trinajstić information content (AvgIpc) is 2.55. The number of nitrogens with one attached hydrogen (secondary N) is 2. The molecule has 1 rings (SSSR count). The normalized spacial score (nSPS) is 11.6. The van der Waals surface area contributed by atoms with Crippen molar-refractivity contribution in [3.8, 4) is 5.75 Å². The van der Waals surface area contributed by atoms with E-state index in [9.17, 15) is 0 Å². The number of nitrogens with zero attached hydrogens (tertiary/aromatic N) is 1. The Hall–Kier alpha value is -1.36. The van der Waals surface area contributed by atoms with E-state index in [1.54, 1.807) is 0 Å². The van der Waals surface area contributed by atoms with Crippen LogP contribution in [0.3, 0.4) is 0 Å². The summed E-state index contributed by atoms with van der Waals surface area (Å²) < 4.78 is 5.67. The van der Waals surface area contributed by atoms with E-state index in [4.69, 9.17) is 4.74 Å². The van der Waals surface area contributed by atoms with E-state index in [0.29, 0.717) is 0 Å². The third kappa shape index (κ3) is 9.71. The van der Waals surface area contributed by atoms with Gasteiger partial charge in [-0.25, -0.2) is 0 Å². The number of thioether (sulfide) groups is 1. The van der Waals surface area contributed by atoms with Crippen molar-refractivity contribution in [3.05, 3.63) is 29.8 Å². The van der Waals surface area contributed by atoms with E-state index in [1.165, 1.54) is 17.7 Å². The van der Waals surface area contributed by atoms with Gasteiger partial charge in [-0.1, -0.05) is 12.1 Å². The summed E-state index contributed by atoms with van der Waals surface area (Å²) in [5.41, 5.74) is 1.30. The van der Waals surface area contributed by atoms with Crippen molar-refractivity contribution in [2.45, 2.75) is 46.1 Å². The van der Waals surface area contributed by atoms with Crippen LogP contribution in [0.1, 0.15) is 39.2 Å². The fraction of sp³-hybridized carbons (Fsp3) is 0.632. The standard InChI is InChI=1S/C19H33N3OS/c1-5-20-19(21-13-6-7-15-24-4)22-14-12-17-8-10-18(11-9-17)23-16(2)3/h8-11,16H,5-7,12-15H2,1-4H3,(H2,20,21,22). The zero-order valence-electron chi connectivity index (χ0n) is 15.6. The summed E-state index contributed by atoms with van der Waals surface area (Å²) in [4.78, 5) is 4.63. The topological polar surface area (TPSA) is 45.7 Å². The lowest BCUT2D eigenvalue weighted by atomic mass is 10.1. The molecule has 0 saturated carbocycles. The molecule has 4 nitrogen and oxygen atoms in total. The van der Waals surface area contributed by atoms with Gasteiger partial charge in [0.1, 0.15) is 5.75 Å². The first-order valence-corrected chi connectivity index (χ1v) is 10.3. The van der Waals surface area contributed by atoms with Crippen molar-refractivity contribution in [2.24, 2.45) is 4.99 Å². The first-order valence-electron chi connectivity index (χ1n) is 8.92. The average molecular weight is 352 g/mol. The maximum Gasteiger partial charge on any atom is 0.191 e. The summed E-state index contributed by atoms with van der Waals surface area (Å²) in [6, 6.07) is 8.35. The van der Waals surface area contributed by atoms with Crippen LogP contribution in [0, 0.1) is 0 Å². The Kier molecular flexibility index (Phi) is 11.2. The van der Waals surface area contributed by atoms with Gasteiger partial charge in [-0.3, -0.25) is 4.99 Å². The highest BCUT2D eigenvalue weighted by Gasteiger charge is 2.00. The minimum Gasteiger partial charge on any atom is -0.491 e. The lowest BCUT2D eigenvalue weighted by molar-refractivity contribution is 0.242. The Bertz CT molecular complexity index is 460. The highest BCUT2D eigenvalue weighted by Crippen LogP contribution is 2.13. The zero-order chi connectivity index (χ0) is 17.6. The Morgan fingerprint density at radius 1 is 1.17 bits per heavy atom. The molecule has 0 spiro atoms. The summed E-state index contributed by atoms with van der Waals surface area (Å²) in [7, 11) is 0. The molecule has 0 aliphatic heterocycles. The van der Waals surface area contributed by atoms with E-state index in [1.807, 2.05) is 37.7 Å². The van der Waals surface area contributed by atoms with Gasteiger partial charge in [0.05, 0.1) is 6.10 Å². The van der Waals surface area contributed by atoms with E-state index < -0.39 is 0 Å². The molecule has 24 heavy (non-hydrogen) atoms. The molecule has 0 amide bonds. The van der Waals surface area contributed by atoms with Crippen LogP contribution in [-0.2, 0) is 6.42 Å². The fourth-order valence-corrected chi connectivity index (χ4v) is 2.72. The lowest BCUT2D eigenvalue weighted by Gasteiger charge is -2.12. The first kappa shape index (κ1) is 20.7. The van der Waals surface area contributed by atoms with Crippen molar-refractivity contribution in [2.75, 3.05) is 31.6 Å². The molecule has 0 aliphatic rings. The van der Waals surface area contributed by atoms with Gasteiger partial charge < -0.3 is 15.4 Å². The van der Waals surface area contributed by atoms with Crippen LogP contribution in [0.2, 0.25) is 0 Å². The first-order chi connectivity index (χ1) is 11.7. The molecule has 0 aromatic heterocycles. The molecule has 136 valence electrons. The van der Waals surface area contributed by atoms with Gasteiger partial charge in [0.25, 0.3) is 0 Å². The van der Waals surface area contributed by atoms with Crippen LogP contribution in [0.25, 0.3) is 0 Å². The molecular weight excluding hydrogens is 318 g/mol. The molecule has 0 bridgehead atoms. The van der Waals surface area contributed by atoms with Gasteiger partial charge in [-0.2, -0.15) is 11.8 Å². The number of guanidine groups is 1. The number of aliphatic imine (C=N–C) groups is 1. The van der Waals surface area contributed by atoms with E-state index in [2.05, 4.69) is 40.9 Å². The molecule has 0 atom stereocenters. The van der Waals surface area contributed by atoms with Crippen LogP contribution < -0.4 is 15.4 Å². The number of unbranched alkanes of at least 4 members (excludes halogenated alkanes) is 1. The van der Waals surface area contributed by atoms with Crippen LogP contribution in [-0.4, -0.2) is 43.7 Å².